The topological polar surface area (TPSA) is 81.8 Å². The number of rotatable bonds is 5. The number of ether oxygens (including phenoxy) is 1. The summed E-state index contributed by atoms with van der Waals surface area (Å²) < 4.78 is 5.35. The van der Waals surface area contributed by atoms with Crippen LogP contribution < -0.4 is 15.4 Å². The van der Waals surface area contributed by atoms with Gasteiger partial charge in [0, 0.05) is 67.7 Å². The van der Waals surface area contributed by atoms with Gasteiger partial charge in [-0.15, -0.1) is 0 Å². The van der Waals surface area contributed by atoms with Crippen molar-refractivity contribution >= 4 is 29.1 Å². The Hall–Kier alpha value is -2.58. The first-order valence-corrected chi connectivity index (χ1v) is 11.1. The number of benzene rings is 1. The van der Waals surface area contributed by atoms with Crippen LogP contribution in [0.3, 0.4) is 0 Å². The highest BCUT2D eigenvalue weighted by Gasteiger charge is 2.22. The highest BCUT2D eigenvalue weighted by molar-refractivity contribution is 6.30. The summed E-state index contributed by atoms with van der Waals surface area (Å²) in [6, 6.07) is 7.78. The van der Waals surface area contributed by atoms with Crippen molar-refractivity contribution in [2.45, 2.75) is 19.8 Å². The number of carbonyl (C=O) groups excluding carboxylic acids is 1. The van der Waals surface area contributed by atoms with Gasteiger partial charge >= 0.3 is 0 Å². The first-order valence-electron chi connectivity index (χ1n) is 10.7. The summed E-state index contributed by atoms with van der Waals surface area (Å²) in [7, 11) is 0. The molecule has 0 bridgehead atoms. The van der Waals surface area contributed by atoms with Crippen LogP contribution in [0.15, 0.2) is 29.1 Å². The van der Waals surface area contributed by atoms with Gasteiger partial charge in [0.05, 0.1) is 13.2 Å². The summed E-state index contributed by atoms with van der Waals surface area (Å²) in [5, 5.41) is 0.713. The van der Waals surface area contributed by atoms with Gasteiger partial charge in [-0.1, -0.05) is 17.7 Å². The number of aromatic nitrogens is 2. The molecule has 0 atom stereocenters. The van der Waals surface area contributed by atoms with Gasteiger partial charge in [0.1, 0.15) is 0 Å². The van der Waals surface area contributed by atoms with Gasteiger partial charge in [-0.25, -0.2) is 4.98 Å². The lowest BCUT2D eigenvalue weighted by atomic mass is 10.1. The average molecular weight is 446 g/mol. The molecule has 4 rings (SSSR count). The van der Waals surface area contributed by atoms with E-state index in [2.05, 4.69) is 14.9 Å². The average Bonchev–Trinajstić information content (AvgIpc) is 2.79. The molecule has 3 heterocycles. The van der Waals surface area contributed by atoms with Crippen molar-refractivity contribution in [2.24, 2.45) is 0 Å². The summed E-state index contributed by atoms with van der Waals surface area (Å²) in [6.07, 6.45) is 0.699. The van der Waals surface area contributed by atoms with Gasteiger partial charge in [0.2, 0.25) is 11.9 Å². The van der Waals surface area contributed by atoms with Crippen molar-refractivity contribution in [1.29, 1.82) is 0 Å². The molecule has 0 spiro atoms. The lowest BCUT2D eigenvalue weighted by Crippen LogP contribution is -2.48. The first kappa shape index (κ1) is 21.6. The molecule has 0 radical (unpaired) electrons. The fraction of sp³-hybridized carbons (Fsp3) is 0.500. The van der Waals surface area contributed by atoms with E-state index in [1.54, 1.807) is 0 Å². The zero-order valence-electron chi connectivity index (χ0n) is 17.8. The number of halogens is 1. The third-order valence-corrected chi connectivity index (χ3v) is 6.15. The number of amides is 1. The molecule has 2 aromatic rings. The molecule has 1 aromatic heterocycles. The van der Waals surface area contributed by atoms with Crippen LogP contribution in [0.2, 0.25) is 5.02 Å². The largest absolute Gasteiger partial charge is 0.378 e. The number of aryl methyl sites for hydroxylation is 1. The first-order chi connectivity index (χ1) is 15.0. The van der Waals surface area contributed by atoms with E-state index in [9.17, 15) is 9.59 Å². The smallest absolute Gasteiger partial charge is 0.255 e. The molecule has 166 valence electrons. The van der Waals surface area contributed by atoms with Gasteiger partial charge in [-0.2, -0.15) is 0 Å². The van der Waals surface area contributed by atoms with Crippen molar-refractivity contribution < 1.29 is 9.53 Å². The summed E-state index contributed by atoms with van der Waals surface area (Å²) >= 11 is 6.09. The normalized spacial score (nSPS) is 17.2. The van der Waals surface area contributed by atoms with E-state index >= 15 is 0 Å². The Morgan fingerprint density at radius 2 is 1.87 bits per heavy atom. The van der Waals surface area contributed by atoms with Gasteiger partial charge in [0.15, 0.2) is 0 Å². The van der Waals surface area contributed by atoms with Gasteiger partial charge < -0.3 is 19.4 Å². The van der Waals surface area contributed by atoms with Crippen molar-refractivity contribution in [3.05, 3.63) is 50.9 Å². The molecule has 0 saturated carbocycles. The molecule has 31 heavy (non-hydrogen) atoms. The van der Waals surface area contributed by atoms with Gasteiger partial charge in [0.25, 0.3) is 5.56 Å². The Balaban J connectivity index is 1.32. The van der Waals surface area contributed by atoms with E-state index in [0.29, 0.717) is 74.5 Å². The van der Waals surface area contributed by atoms with E-state index in [-0.39, 0.29) is 11.5 Å². The highest BCUT2D eigenvalue weighted by Crippen LogP contribution is 2.21. The van der Waals surface area contributed by atoms with Gasteiger partial charge in [-0.3, -0.25) is 14.6 Å². The third kappa shape index (κ3) is 5.19. The number of piperazine rings is 1. The van der Waals surface area contributed by atoms with E-state index in [1.807, 2.05) is 41.0 Å². The van der Waals surface area contributed by atoms with Crippen molar-refractivity contribution in [3.8, 4) is 0 Å². The second-order valence-electron chi connectivity index (χ2n) is 7.90. The molecule has 9 heteroatoms. The van der Waals surface area contributed by atoms with Crippen LogP contribution in [-0.2, 0) is 16.0 Å². The summed E-state index contributed by atoms with van der Waals surface area (Å²) in [6.45, 7) is 7.37. The van der Waals surface area contributed by atoms with Crippen molar-refractivity contribution in [1.82, 2.24) is 14.9 Å². The lowest BCUT2D eigenvalue weighted by Gasteiger charge is -2.36. The number of nitrogens with zero attached hydrogens (tertiary/aromatic N) is 4. The van der Waals surface area contributed by atoms with E-state index in [4.69, 9.17) is 16.3 Å². The van der Waals surface area contributed by atoms with E-state index in [0.717, 1.165) is 18.8 Å². The van der Waals surface area contributed by atoms with Crippen LogP contribution in [0.25, 0.3) is 0 Å². The summed E-state index contributed by atoms with van der Waals surface area (Å²) in [5.41, 5.74) is 2.19. The standard InChI is InChI=1S/C22H28ClN5O3/c1-16-19(21(30)25-22(24-16)28-11-13-31-14-12-28)5-6-20(29)27-9-7-26(8-10-27)18-4-2-3-17(23)15-18/h2-4,15H,5-14H2,1H3,(H,24,25,30). The Labute approximate surface area is 186 Å². The molecule has 0 unspecified atom stereocenters. The number of nitrogens with one attached hydrogen (secondary N) is 1. The maximum atomic E-state index is 12.7. The molecule has 2 saturated heterocycles. The highest BCUT2D eigenvalue weighted by atomic mass is 35.5. The molecule has 1 aromatic carbocycles. The Morgan fingerprint density at radius 1 is 1.13 bits per heavy atom. The van der Waals surface area contributed by atoms with Crippen molar-refractivity contribution in [3.63, 3.8) is 0 Å². The zero-order chi connectivity index (χ0) is 21.8. The Kier molecular flexibility index (Phi) is 6.77. The van der Waals surface area contributed by atoms with Crippen LogP contribution in [-0.4, -0.2) is 73.3 Å². The Bertz CT molecular complexity index is 981. The number of carbonyl (C=O) groups is 1. The minimum Gasteiger partial charge on any atom is -0.378 e. The van der Waals surface area contributed by atoms with E-state index in [1.165, 1.54) is 0 Å². The number of aromatic amines is 1. The molecule has 8 nitrogen and oxygen atoms in total. The van der Waals surface area contributed by atoms with Crippen LogP contribution >= 0.6 is 11.6 Å². The van der Waals surface area contributed by atoms with E-state index < -0.39 is 0 Å². The molecule has 1 amide bonds. The summed E-state index contributed by atoms with van der Waals surface area (Å²) in [4.78, 5) is 38.9. The molecular weight excluding hydrogens is 418 g/mol. The monoisotopic (exact) mass is 445 g/mol. The van der Waals surface area contributed by atoms with Crippen LogP contribution in [0.4, 0.5) is 11.6 Å². The second kappa shape index (κ2) is 9.70. The molecular formula is C22H28ClN5O3. The summed E-state index contributed by atoms with van der Waals surface area (Å²) in [5.74, 6) is 0.653. The molecule has 2 fully saturated rings. The lowest BCUT2D eigenvalue weighted by molar-refractivity contribution is -0.131. The van der Waals surface area contributed by atoms with Crippen LogP contribution in [0, 0.1) is 6.92 Å². The number of anilines is 2. The Morgan fingerprint density at radius 3 is 2.55 bits per heavy atom. The molecule has 0 aliphatic carbocycles. The SMILES string of the molecule is Cc1nc(N2CCOCC2)[nH]c(=O)c1CCC(=O)N1CCN(c2cccc(Cl)c2)CC1. The van der Waals surface area contributed by atoms with Crippen LogP contribution in [0.5, 0.6) is 0 Å². The molecule has 2 aliphatic heterocycles. The van der Waals surface area contributed by atoms with Crippen molar-refractivity contribution in [2.75, 3.05) is 62.3 Å². The number of hydrogen-bond donors (Lipinski definition) is 1. The fourth-order valence-corrected chi connectivity index (χ4v) is 4.28. The third-order valence-electron chi connectivity index (χ3n) is 5.91. The maximum absolute atomic E-state index is 12.7. The predicted molar refractivity (Wildman–Crippen MR) is 121 cm³/mol. The second-order valence-corrected chi connectivity index (χ2v) is 8.34. The maximum Gasteiger partial charge on any atom is 0.255 e. The fourth-order valence-electron chi connectivity index (χ4n) is 4.09. The number of morpholine rings is 1. The minimum atomic E-state index is -0.160. The van der Waals surface area contributed by atoms with Gasteiger partial charge in [-0.05, 0) is 31.5 Å². The zero-order valence-corrected chi connectivity index (χ0v) is 18.5. The molecule has 1 N–H and O–H groups in total. The quantitative estimate of drug-likeness (QED) is 0.756. The predicted octanol–water partition coefficient (Wildman–Crippen LogP) is 1.85. The minimum absolute atomic E-state index is 0.0711. The number of hydrogen-bond acceptors (Lipinski definition) is 6. The molecule has 2 aliphatic rings. The van der Waals surface area contributed by atoms with Crippen LogP contribution in [0.1, 0.15) is 17.7 Å². The number of H-pyrrole nitrogens is 1.